The monoisotopic (exact) mass is 299 g/mol. The van der Waals surface area contributed by atoms with Crippen molar-refractivity contribution in [2.24, 2.45) is 5.92 Å². The van der Waals surface area contributed by atoms with Crippen molar-refractivity contribution in [3.63, 3.8) is 0 Å². The van der Waals surface area contributed by atoms with Crippen LogP contribution in [0.15, 0.2) is 0 Å². The molecule has 2 unspecified atom stereocenters. The number of carboxylic acids is 1. The lowest BCUT2D eigenvalue weighted by atomic mass is 9.92. The number of nitrogens with zero attached hydrogens (tertiary/aromatic N) is 1. The number of aliphatic carboxylic acids is 1. The summed E-state index contributed by atoms with van der Waals surface area (Å²) in [5.41, 5.74) is 0. The largest absolute Gasteiger partial charge is 0.480 e. The predicted octanol–water partition coefficient (Wildman–Crippen LogP) is 1.28. The van der Waals surface area contributed by atoms with Gasteiger partial charge in [0, 0.05) is 19.8 Å². The third-order valence-electron chi connectivity index (χ3n) is 4.31. The SMILES string of the molecule is CC1CCN(C(=O)CCOC2CCOCC2)C(C(=O)O)C1. The van der Waals surface area contributed by atoms with Crippen molar-refractivity contribution in [1.82, 2.24) is 4.90 Å². The first kappa shape index (κ1) is 16.2. The first-order chi connectivity index (χ1) is 10.1. The van der Waals surface area contributed by atoms with E-state index in [1.807, 2.05) is 6.92 Å². The second kappa shape index (κ2) is 7.75. The van der Waals surface area contributed by atoms with Crippen LogP contribution >= 0.6 is 0 Å². The van der Waals surface area contributed by atoms with Crippen molar-refractivity contribution in [3.8, 4) is 0 Å². The van der Waals surface area contributed by atoms with E-state index in [0.717, 1.165) is 19.3 Å². The number of carboxylic acid groups (broad SMARTS) is 1. The Morgan fingerprint density at radius 2 is 2.00 bits per heavy atom. The zero-order valence-corrected chi connectivity index (χ0v) is 12.6. The van der Waals surface area contributed by atoms with E-state index in [2.05, 4.69) is 0 Å². The molecule has 2 rings (SSSR count). The average molecular weight is 299 g/mol. The Kier molecular flexibility index (Phi) is 5.99. The number of hydrogen-bond donors (Lipinski definition) is 1. The van der Waals surface area contributed by atoms with Crippen LogP contribution in [-0.2, 0) is 19.1 Å². The zero-order chi connectivity index (χ0) is 15.2. The predicted molar refractivity (Wildman–Crippen MR) is 75.9 cm³/mol. The van der Waals surface area contributed by atoms with Crippen LogP contribution in [0.5, 0.6) is 0 Å². The number of piperidine rings is 1. The van der Waals surface area contributed by atoms with E-state index < -0.39 is 12.0 Å². The van der Waals surface area contributed by atoms with Crippen LogP contribution in [0, 0.1) is 5.92 Å². The normalized spacial score (nSPS) is 27.6. The number of amides is 1. The molecule has 2 aliphatic rings. The highest BCUT2D eigenvalue weighted by atomic mass is 16.5. The maximum absolute atomic E-state index is 12.2. The van der Waals surface area contributed by atoms with E-state index in [-0.39, 0.29) is 18.4 Å². The molecule has 0 radical (unpaired) electrons. The van der Waals surface area contributed by atoms with Crippen molar-refractivity contribution < 1.29 is 24.2 Å². The molecule has 6 heteroatoms. The molecule has 0 bridgehead atoms. The van der Waals surface area contributed by atoms with E-state index in [1.54, 1.807) is 0 Å². The Hall–Kier alpha value is -1.14. The Balaban J connectivity index is 1.77. The van der Waals surface area contributed by atoms with Crippen LogP contribution in [0.2, 0.25) is 0 Å². The Morgan fingerprint density at radius 1 is 1.29 bits per heavy atom. The minimum absolute atomic E-state index is 0.110. The van der Waals surface area contributed by atoms with Gasteiger partial charge in [0.15, 0.2) is 0 Å². The molecule has 0 spiro atoms. The van der Waals surface area contributed by atoms with Crippen LogP contribution in [0.3, 0.4) is 0 Å². The summed E-state index contributed by atoms with van der Waals surface area (Å²) in [5.74, 6) is -0.657. The molecule has 6 nitrogen and oxygen atoms in total. The summed E-state index contributed by atoms with van der Waals surface area (Å²) in [6.07, 6.45) is 3.58. The number of carbonyl (C=O) groups excluding carboxylic acids is 1. The minimum Gasteiger partial charge on any atom is -0.480 e. The van der Waals surface area contributed by atoms with Gasteiger partial charge >= 0.3 is 5.97 Å². The van der Waals surface area contributed by atoms with Crippen LogP contribution in [0.4, 0.5) is 0 Å². The first-order valence-electron chi connectivity index (χ1n) is 7.79. The van der Waals surface area contributed by atoms with Gasteiger partial charge in [-0.25, -0.2) is 4.79 Å². The van der Waals surface area contributed by atoms with Crippen molar-refractivity contribution in [2.75, 3.05) is 26.4 Å². The molecule has 0 saturated carbocycles. The fourth-order valence-electron chi connectivity index (χ4n) is 2.97. The van der Waals surface area contributed by atoms with Gasteiger partial charge in [-0.05, 0) is 31.6 Å². The minimum atomic E-state index is -0.903. The van der Waals surface area contributed by atoms with Crippen molar-refractivity contribution in [3.05, 3.63) is 0 Å². The number of hydrogen-bond acceptors (Lipinski definition) is 4. The Morgan fingerprint density at radius 3 is 2.67 bits per heavy atom. The van der Waals surface area contributed by atoms with Gasteiger partial charge in [-0.15, -0.1) is 0 Å². The molecule has 2 atom stereocenters. The topological polar surface area (TPSA) is 76.1 Å². The van der Waals surface area contributed by atoms with Crippen LogP contribution in [0.1, 0.15) is 39.0 Å². The second-order valence-electron chi connectivity index (χ2n) is 6.00. The highest BCUT2D eigenvalue weighted by Gasteiger charge is 2.34. The van der Waals surface area contributed by atoms with Crippen LogP contribution in [0.25, 0.3) is 0 Å². The summed E-state index contributed by atoms with van der Waals surface area (Å²) in [6, 6.07) is -0.677. The molecule has 1 amide bonds. The van der Waals surface area contributed by atoms with Gasteiger partial charge in [0.2, 0.25) is 5.91 Å². The quantitative estimate of drug-likeness (QED) is 0.827. The lowest BCUT2D eigenvalue weighted by molar-refractivity contribution is -0.153. The first-order valence-corrected chi connectivity index (χ1v) is 7.79. The summed E-state index contributed by atoms with van der Waals surface area (Å²) in [5, 5.41) is 9.27. The number of rotatable bonds is 5. The van der Waals surface area contributed by atoms with Crippen LogP contribution < -0.4 is 0 Å². The maximum atomic E-state index is 12.2. The van der Waals surface area contributed by atoms with Gasteiger partial charge in [0.1, 0.15) is 6.04 Å². The van der Waals surface area contributed by atoms with E-state index in [4.69, 9.17) is 9.47 Å². The molecule has 0 aromatic heterocycles. The summed E-state index contributed by atoms with van der Waals surface area (Å²) in [4.78, 5) is 25.0. The molecule has 21 heavy (non-hydrogen) atoms. The van der Waals surface area contributed by atoms with Gasteiger partial charge in [0.05, 0.1) is 19.1 Å². The lowest BCUT2D eigenvalue weighted by Gasteiger charge is -2.36. The van der Waals surface area contributed by atoms with Gasteiger partial charge in [-0.2, -0.15) is 0 Å². The highest BCUT2D eigenvalue weighted by molar-refractivity contribution is 5.83. The molecule has 0 aromatic carbocycles. The van der Waals surface area contributed by atoms with Gasteiger partial charge < -0.3 is 19.5 Å². The van der Waals surface area contributed by atoms with Crippen molar-refractivity contribution in [2.45, 2.75) is 51.2 Å². The highest BCUT2D eigenvalue weighted by Crippen LogP contribution is 2.23. The summed E-state index contributed by atoms with van der Waals surface area (Å²) in [7, 11) is 0. The lowest BCUT2D eigenvalue weighted by Crippen LogP contribution is -2.50. The standard InChI is InChI=1S/C15H25NO5/c1-11-2-6-16(13(10-11)15(18)19)14(17)5-9-21-12-3-7-20-8-4-12/h11-13H,2-10H2,1H3,(H,18,19). The molecule has 120 valence electrons. The van der Waals surface area contributed by atoms with E-state index in [9.17, 15) is 14.7 Å². The Bertz CT molecular complexity index is 367. The molecule has 2 aliphatic heterocycles. The fourth-order valence-corrected chi connectivity index (χ4v) is 2.97. The number of ether oxygens (including phenoxy) is 2. The number of likely N-dealkylation sites (tertiary alicyclic amines) is 1. The van der Waals surface area contributed by atoms with Gasteiger partial charge in [-0.3, -0.25) is 4.79 Å². The molecular weight excluding hydrogens is 274 g/mol. The summed E-state index contributed by atoms with van der Waals surface area (Å²) < 4.78 is 10.9. The molecule has 0 aromatic rings. The molecular formula is C15H25NO5. The smallest absolute Gasteiger partial charge is 0.326 e. The van der Waals surface area contributed by atoms with Crippen LogP contribution in [-0.4, -0.2) is 60.4 Å². The fraction of sp³-hybridized carbons (Fsp3) is 0.867. The average Bonchev–Trinajstić information content (AvgIpc) is 2.48. The van der Waals surface area contributed by atoms with Gasteiger partial charge in [0.25, 0.3) is 0 Å². The molecule has 0 aliphatic carbocycles. The third-order valence-corrected chi connectivity index (χ3v) is 4.31. The second-order valence-corrected chi connectivity index (χ2v) is 6.00. The zero-order valence-electron chi connectivity index (χ0n) is 12.6. The van der Waals surface area contributed by atoms with E-state index >= 15 is 0 Å². The van der Waals surface area contributed by atoms with Crippen molar-refractivity contribution in [1.29, 1.82) is 0 Å². The maximum Gasteiger partial charge on any atom is 0.326 e. The molecule has 2 fully saturated rings. The van der Waals surface area contributed by atoms with E-state index in [1.165, 1.54) is 4.90 Å². The third kappa shape index (κ3) is 4.68. The van der Waals surface area contributed by atoms with E-state index in [0.29, 0.717) is 38.7 Å². The summed E-state index contributed by atoms with van der Waals surface area (Å²) in [6.45, 7) is 4.36. The summed E-state index contributed by atoms with van der Waals surface area (Å²) >= 11 is 0. The number of carbonyl (C=O) groups is 2. The van der Waals surface area contributed by atoms with Gasteiger partial charge in [-0.1, -0.05) is 6.92 Å². The molecule has 2 saturated heterocycles. The molecule has 1 N–H and O–H groups in total. The Labute approximate surface area is 125 Å². The van der Waals surface area contributed by atoms with Crippen molar-refractivity contribution >= 4 is 11.9 Å². The molecule has 2 heterocycles.